The number of hydrogen-bond donors (Lipinski definition) is 0. The molecule has 3 heteroatoms. The topological polar surface area (TPSA) is 30.2 Å². The first-order chi connectivity index (χ1) is 6.66. The second kappa shape index (κ2) is 3.25. The summed E-state index contributed by atoms with van der Waals surface area (Å²) in [5.41, 5.74) is 0.487. The van der Waals surface area contributed by atoms with E-state index in [9.17, 15) is 9.18 Å². The Hall–Kier alpha value is -1.64. The molecule has 1 heterocycles. The summed E-state index contributed by atoms with van der Waals surface area (Å²) in [6.45, 7) is 1.48. The Balaban J connectivity index is 2.51. The smallest absolute Gasteiger partial charge is 0.137 e. The number of furan rings is 1. The number of Topliss-reactive ketones (excluding diaryl/α,β-unsaturated/α-hetero) is 1. The fourth-order valence-electron chi connectivity index (χ4n) is 1.41. The van der Waals surface area contributed by atoms with Crippen molar-refractivity contribution >= 4 is 16.8 Å². The van der Waals surface area contributed by atoms with Crippen molar-refractivity contribution in [1.29, 1.82) is 0 Å². The van der Waals surface area contributed by atoms with E-state index in [1.54, 1.807) is 18.2 Å². The van der Waals surface area contributed by atoms with Gasteiger partial charge in [0.15, 0.2) is 0 Å². The number of carbonyl (C=O) groups excluding carboxylic acids is 1. The maximum atomic E-state index is 13.2. The molecule has 2 aromatic rings. The number of halogens is 1. The summed E-state index contributed by atoms with van der Waals surface area (Å²) in [6, 6.07) is 6.21. The van der Waals surface area contributed by atoms with Crippen molar-refractivity contribution in [3.63, 3.8) is 0 Å². The van der Waals surface area contributed by atoms with Gasteiger partial charge >= 0.3 is 0 Å². The van der Waals surface area contributed by atoms with Gasteiger partial charge in [0.25, 0.3) is 0 Å². The van der Waals surface area contributed by atoms with Crippen molar-refractivity contribution in [3.05, 3.63) is 35.8 Å². The summed E-state index contributed by atoms with van der Waals surface area (Å²) in [5, 5.41) is 0.434. The maximum Gasteiger partial charge on any atom is 0.137 e. The highest BCUT2D eigenvalue weighted by Crippen LogP contribution is 2.22. The molecule has 2 nitrogen and oxygen atoms in total. The molecule has 0 radical (unpaired) electrons. The Kier molecular flexibility index (Phi) is 2.08. The third-order valence-electron chi connectivity index (χ3n) is 1.98. The molecule has 1 aromatic carbocycles. The average molecular weight is 192 g/mol. The largest absolute Gasteiger partial charge is 0.460 e. The SMILES string of the molecule is CC(=O)Cc1cc2c(F)cccc2o1. The predicted octanol–water partition coefficient (Wildman–Crippen LogP) is 2.70. The lowest BCUT2D eigenvalue weighted by molar-refractivity contribution is -0.116. The van der Waals surface area contributed by atoms with Crippen LogP contribution in [0.2, 0.25) is 0 Å². The zero-order chi connectivity index (χ0) is 10.1. The molecule has 14 heavy (non-hydrogen) atoms. The van der Waals surface area contributed by atoms with Gasteiger partial charge in [0.1, 0.15) is 22.9 Å². The molecule has 1 aromatic heterocycles. The van der Waals surface area contributed by atoms with Gasteiger partial charge in [0.05, 0.1) is 11.8 Å². The molecule has 0 unspecified atom stereocenters. The van der Waals surface area contributed by atoms with Gasteiger partial charge in [-0.1, -0.05) is 6.07 Å². The van der Waals surface area contributed by atoms with Crippen LogP contribution in [-0.4, -0.2) is 5.78 Å². The van der Waals surface area contributed by atoms with Crippen LogP contribution < -0.4 is 0 Å². The predicted molar refractivity (Wildman–Crippen MR) is 50.6 cm³/mol. The van der Waals surface area contributed by atoms with Crippen molar-refractivity contribution in [2.45, 2.75) is 13.3 Å². The third-order valence-corrected chi connectivity index (χ3v) is 1.98. The minimum absolute atomic E-state index is 0.00413. The van der Waals surface area contributed by atoms with Crippen LogP contribution in [0.15, 0.2) is 28.7 Å². The number of hydrogen-bond acceptors (Lipinski definition) is 2. The van der Waals surface area contributed by atoms with E-state index in [1.165, 1.54) is 13.0 Å². The fourth-order valence-corrected chi connectivity index (χ4v) is 1.41. The molecule has 0 spiro atoms. The standard InChI is InChI=1S/C11H9FO2/c1-7(13)5-8-6-9-10(12)3-2-4-11(9)14-8/h2-4,6H,5H2,1H3. The molecule has 0 saturated carbocycles. The summed E-state index contributed by atoms with van der Waals surface area (Å²) < 4.78 is 18.5. The molecule has 0 bridgehead atoms. The van der Waals surface area contributed by atoms with E-state index in [4.69, 9.17) is 4.42 Å². The van der Waals surface area contributed by atoms with E-state index < -0.39 is 0 Å². The number of ketones is 1. The number of fused-ring (bicyclic) bond motifs is 1. The van der Waals surface area contributed by atoms with Gasteiger partial charge in [-0.25, -0.2) is 4.39 Å². The summed E-state index contributed by atoms with van der Waals surface area (Å²) in [6.07, 6.45) is 0.216. The second-order valence-electron chi connectivity index (χ2n) is 3.24. The highest BCUT2D eigenvalue weighted by atomic mass is 19.1. The molecule has 0 atom stereocenters. The van der Waals surface area contributed by atoms with Gasteiger partial charge < -0.3 is 4.42 Å². The Morgan fingerprint density at radius 1 is 1.50 bits per heavy atom. The van der Waals surface area contributed by atoms with Crippen molar-refractivity contribution in [1.82, 2.24) is 0 Å². The van der Waals surface area contributed by atoms with Crippen LogP contribution in [0.4, 0.5) is 4.39 Å². The molecule has 0 N–H and O–H groups in total. The molecule has 0 fully saturated rings. The van der Waals surface area contributed by atoms with Crippen LogP contribution in [0.3, 0.4) is 0 Å². The highest BCUT2D eigenvalue weighted by molar-refractivity contribution is 5.82. The third kappa shape index (κ3) is 1.53. The molecule has 72 valence electrons. The van der Waals surface area contributed by atoms with Gasteiger partial charge in [-0.15, -0.1) is 0 Å². The van der Waals surface area contributed by atoms with Gasteiger partial charge in [0.2, 0.25) is 0 Å². The molecule has 0 amide bonds. The van der Waals surface area contributed by atoms with Crippen LogP contribution in [0.5, 0.6) is 0 Å². The first-order valence-electron chi connectivity index (χ1n) is 4.33. The zero-order valence-electron chi connectivity index (χ0n) is 7.71. The first kappa shape index (κ1) is 8.94. The van der Waals surface area contributed by atoms with Crippen LogP contribution in [0.25, 0.3) is 11.0 Å². The van der Waals surface area contributed by atoms with E-state index >= 15 is 0 Å². The van der Waals surface area contributed by atoms with E-state index in [0.29, 0.717) is 16.7 Å². The Labute approximate surface area is 80.3 Å². The molecular formula is C11H9FO2. The van der Waals surface area contributed by atoms with Crippen LogP contribution in [0, 0.1) is 5.82 Å². The van der Waals surface area contributed by atoms with Crippen molar-refractivity contribution in [2.24, 2.45) is 0 Å². The minimum atomic E-state index is -0.318. The van der Waals surface area contributed by atoms with Crippen molar-refractivity contribution < 1.29 is 13.6 Å². The molecular weight excluding hydrogens is 183 g/mol. The Morgan fingerprint density at radius 3 is 2.93 bits per heavy atom. The normalized spacial score (nSPS) is 10.7. The highest BCUT2D eigenvalue weighted by Gasteiger charge is 2.08. The molecule has 0 aliphatic heterocycles. The zero-order valence-corrected chi connectivity index (χ0v) is 7.71. The lowest BCUT2D eigenvalue weighted by Gasteiger charge is -1.88. The quantitative estimate of drug-likeness (QED) is 0.732. The fraction of sp³-hybridized carbons (Fsp3) is 0.182. The lowest BCUT2D eigenvalue weighted by atomic mass is 10.2. The van der Waals surface area contributed by atoms with Gasteiger partial charge in [-0.2, -0.15) is 0 Å². The number of rotatable bonds is 2. The summed E-state index contributed by atoms with van der Waals surface area (Å²) >= 11 is 0. The molecule has 2 rings (SSSR count). The van der Waals surface area contributed by atoms with E-state index in [2.05, 4.69) is 0 Å². The summed E-state index contributed by atoms with van der Waals surface area (Å²) in [4.78, 5) is 10.8. The lowest BCUT2D eigenvalue weighted by Crippen LogP contribution is -1.93. The second-order valence-corrected chi connectivity index (χ2v) is 3.24. The maximum absolute atomic E-state index is 13.2. The van der Waals surface area contributed by atoms with E-state index in [0.717, 1.165) is 0 Å². The van der Waals surface area contributed by atoms with Crippen LogP contribution in [-0.2, 0) is 11.2 Å². The van der Waals surface area contributed by atoms with Gasteiger partial charge in [-0.3, -0.25) is 4.79 Å². The number of carbonyl (C=O) groups is 1. The molecule has 0 aliphatic rings. The summed E-state index contributed by atoms with van der Waals surface area (Å²) in [5.74, 6) is 0.197. The Morgan fingerprint density at radius 2 is 2.29 bits per heavy atom. The van der Waals surface area contributed by atoms with Gasteiger partial charge in [-0.05, 0) is 25.1 Å². The Bertz CT molecular complexity index is 485. The van der Waals surface area contributed by atoms with Gasteiger partial charge in [0, 0.05) is 0 Å². The number of benzene rings is 1. The van der Waals surface area contributed by atoms with Crippen LogP contribution in [0.1, 0.15) is 12.7 Å². The van der Waals surface area contributed by atoms with Crippen molar-refractivity contribution in [2.75, 3.05) is 0 Å². The first-order valence-corrected chi connectivity index (χ1v) is 4.33. The minimum Gasteiger partial charge on any atom is -0.460 e. The van der Waals surface area contributed by atoms with Crippen molar-refractivity contribution in [3.8, 4) is 0 Å². The van der Waals surface area contributed by atoms with Crippen LogP contribution >= 0.6 is 0 Å². The summed E-state index contributed by atoms with van der Waals surface area (Å²) in [7, 11) is 0. The molecule has 0 aliphatic carbocycles. The van der Waals surface area contributed by atoms with E-state index in [-0.39, 0.29) is 18.0 Å². The average Bonchev–Trinajstić information content (AvgIpc) is 2.47. The van der Waals surface area contributed by atoms with E-state index in [1.807, 2.05) is 0 Å². The molecule has 0 saturated heterocycles. The monoisotopic (exact) mass is 192 g/mol.